The first-order valence-corrected chi connectivity index (χ1v) is 7.15. The van der Waals surface area contributed by atoms with E-state index in [1.165, 1.54) is 6.07 Å². The van der Waals surface area contributed by atoms with Crippen LogP contribution in [0, 0.1) is 5.82 Å². The molecular formula is C10H13ClFNO2S. The van der Waals surface area contributed by atoms with Crippen LogP contribution in [-0.2, 0) is 16.4 Å². The van der Waals surface area contributed by atoms with E-state index in [0.717, 1.165) is 6.26 Å². The van der Waals surface area contributed by atoms with E-state index in [1.807, 2.05) is 0 Å². The molecule has 0 aliphatic rings. The fourth-order valence-electron chi connectivity index (χ4n) is 1.15. The van der Waals surface area contributed by atoms with Crippen molar-refractivity contribution >= 4 is 21.4 Å². The molecule has 0 fully saturated rings. The number of nitrogens with one attached hydrogen (secondary N) is 1. The van der Waals surface area contributed by atoms with E-state index in [1.54, 1.807) is 12.1 Å². The van der Waals surface area contributed by atoms with E-state index in [9.17, 15) is 12.8 Å². The molecule has 0 bridgehead atoms. The second kappa shape index (κ2) is 5.61. The topological polar surface area (TPSA) is 46.2 Å². The Morgan fingerprint density at radius 1 is 1.44 bits per heavy atom. The minimum absolute atomic E-state index is 0.0439. The highest BCUT2D eigenvalue weighted by atomic mass is 35.5. The molecule has 0 radical (unpaired) electrons. The van der Waals surface area contributed by atoms with Crippen LogP contribution in [0.4, 0.5) is 4.39 Å². The van der Waals surface area contributed by atoms with Crippen LogP contribution >= 0.6 is 11.6 Å². The Labute approximate surface area is 99.5 Å². The van der Waals surface area contributed by atoms with E-state index in [4.69, 9.17) is 11.6 Å². The molecule has 90 valence electrons. The molecule has 1 rings (SSSR count). The SMILES string of the molecule is CS(=O)(=O)CCNCc1ccc(Cl)cc1F. The number of hydrogen-bond acceptors (Lipinski definition) is 3. The van der Waals surface area contributed by atoms with E-state index < -0.39 is 9.84 Å². The van der Waals surface area contributed by atoms with Gasteiger partial charge < -0.3 is 5.32 Å². The number of halogens is 2. The summed E-state index contributed by atoms with van der Waals surface area (Å²) in [4.78, 5) is 0. The standard InChI is InChI=1S/C10H13ClFNO2S/c1-16(14,15)5-4-13-7-8-2-3-9(11)6-10(8)12/h2-3,6,13H,4-5,7H2,1H3. The molecule has 6 heteroatoms. The molecule has 0 atom stereocenters. The van der Waals surface area contributed by atoms with E-state index in [-0.39, 0.29) is 11.6 Å². The molecule has 0 spiro atoms. The van der Waals surface area contributed by atoms with Crippen molar-refractivity contribution in [2.45, 2.75) is 6.54 Å². The second-order valence-corrected chi connectivity index (χ2v) is 6.24. The molecule has 1 aromatic carbocycles. The van der Waals surface area contributed by atoms with Crippen molar-refractivity contribution in [2.75, 3.05) is 18.6 Å². The largest absolute Gasteiger partial charge is 0.312 e. The molecule has 0 saturated carbocycles. The molecule has 16 heavy (non-hydrogen) atoms. The summed E-state index contributed by atoms with van der Waals surface area (Å²) >= 11 is 5.60. The molecule has 0 heterocycles. The van der Waals surface area contributed by atoms with Gasteiger partial charge in [0, 0.05) is 29.9 Å². The highest BCUT2D eigenvalue weighted by Crippen LogP contribution is 2.14. The van der Waals surface area contributed by atoms with E-state index in [0.29, 0.717) is 23.7 Å². The van der Waals surface area contributed by atoms with Crippen LogP contribution in [0.15, 0.2) is 18.2 Å². The number of rotatable bonds is 5. The molecule has 0 aromatic heterocycles. The highest BCUT2D eigenvalue weighted by molar-refractivity contribution is 7.90. The van der Waals surface area contributed by atoms with Crippen molar-refractivity contribution in [1.82, 2.24) is 5.32 Å². The van der Waals surface area contributed by atoms with Crippen molar-refractivity contribution in [1.29, 1.82) is 0 Å². The first kappa shape index (κ1) is 13.4. The number of benzene rings is 1. The molecular weight excluding hydrogens is 253 g/mol. The first-order chi connectivity index (χ1) is 7.38. The molecule has 1 N–H and O–H groups in total. The third-order valence-electron chi connectivity index (χ3n) is 1.98. The fourth-order valence-corrected chi connectivity index (χ4v) is 1.82. The molecule has 0 amide bonds. The van der Waals surface area contributed by atoms with Gasteiger partial charge in [-0.25, -0.2) is 12.8 Å². The van der Waals surface area contributed by atoms with Gasteiger partial charge in [0.1, 0.15) is 15.7 Å². The zero-order valence-electron chi connectivity index (χ0n) is 8.83. The minimum Gasteiger partial charge on any atom is -0.312 e. The van der Waals surface area contributed by atoms with Crippen LogP contribution in [-0.4, -0.2) is 27.0 Å². The molecule has 3 nitrogen and oxygen atoms in total. The lowest BCUT2D eigenvalue weighted by atomic mass is 10.2. The Bertz CT molecular complexity index is 462. The third kappa shape index (κ3) is 4.92. The molecule has 0 aliphatic carbocycles. The summed E-state index contributed by atoms with van der Waals surface area (Å²) in [5.74, 6) is -0.346. The molecule has 0 aliphatic heterocycles. The highest BCUT2D eigenvalue weighted by Gasteiger charge is 2.04. The summed E-state index contributed by atoms with van der Waals surface area (Å²) in [6, 6.07) is 4.40. The lowest BCUT2D eigenvalue weighted by Crippen LogP contribution is -2.22. The Morgan fingerprint density at radius 2 is 2.12 bits per heavy atom. The zero-order valence-corrected chi connectivity index (χ0v) is 10.4. The van der Waals surface area contributed by atoms with Gasteiger partial charge in [-0.2, -0.15) is 0 Å². The maximum absolute atomic E-state index is 13.3. The van der Waals surface area contributed by atoms with Gasteiger partial charge in [-0.15, -0.1) is 0 Å². The molecule has 1 aromatic rings. The van der Waals surface area contributed by atoms with Gasteiger partial charge in [0.2, 0.25) is 0 Å². The predicted octanol–water partition coefficient (Wildman–Crippen LogP) is 1.61. The average molecular weight is 266 g/mol. The number of sulfone groups is 1. The van der Waals surface area contributed by atoms with Crippen molar-refractivity contribution in [2.24, 2.45) is 0 Å². The monoisotopic (exact) mass is 265 g/mol. The summed E-state index contributed by atoms with van der Waals surface area (Å²) in [5.41, 5.74) is 0.470. The lowest BCUT2D eigenvalue weighted by molar-refractivity contribution is 0.585. The summed E-state index contributed by atoms with van der Waals surface area (Å²) < 4.78 is 34.9. The van der Waals surface area contributed by atoms with Gasteiger partial charge in [-0.1, -0.05) is 17.7 Å². The van der Waals surface area contributed by atoms with Gasteiger partial charge >= 0.3 is 0 Å². The van der Waals surface area contributed by atoms with Crippen molar-refractivity contribution in [3.8, 4) is 0 Å². The fraction of sp³-hybridized carbons (Fsp3) is 0.400. The Kier molecular flexibility index (Phi) is 4.70. The van der Waals surface area contributed by atoms with Gasteiger partial charge in [0.05, 0.1) is 5.75 Å². The van der Waals surface area contributed by atoms with Crippen LogP contribution in [0.2, 0.25) is 5.02 Å². The maximum atomic E-state index is 13.3. The van der Waals surface area contributed by atoms with Crippen LogP contribution < -0.4 is 5.32 Å². The number of hydrogen-bond donors (Lipinski definition) is 1. The summed E-state index contributed by atoms with van der Waals surface area (Å²) in [6.45, 7) is 0.597. The smallest absolute Gasteiger partial charge is 0.148 e. The van der Waals surface area contributed by atoms with Gasteiger partial charge in [0.15, 0.2) is 0 Å². The normalized spacial score (nSPS) is 11.7. The van der Waals surface area contributed by atoms with Crippen LogP contribution in [0.3, 0.4) is 0 Å². The summed E-state index contributed by atoms with van der Waals surface area (Å²) in [6.07, 6.45) is 1.16. The van der Waals surface area contributed by atoms with Gasteiger partial charge in [-0.3, -0.25) is 0 Å². The van der Waals surface area contributed by atoms with Crippen molar-refractivity contribution < 1.29 is 12.8 Å². The molecule has 0 saturated heterocycles. The van der Waals surface area contributed by atoms with E-state index in [2.05, 4.69) is 5.32 Å². The third-order valence-corrected chi connectivity index (χ3v) is 3.16. The molecule has 0 unspecified atom stereocenters. The van der Waals surface area contributed by atoms with Gasteiger partial charge in [-0.05, 0) is 12.1 Å². The van der Waals surface area contributed by atoms with Gasteiger partial charge in [0.25, 0.3) is 0 Å². The zero-order chi connectivity index (χ0) is 12.2. The van der Waals surface area contributed by atoms with Crippen LogP contribution in [0.25, 0.3) is 0 Å². The Morgan fingerprint density at radius 3 is 2.69 bits per heavy atom. The lowest BCUT2D eigenvalue weighted by Gasteiger charge is -2.05. The minimum atomic E-state index is -2.97. The van der Waals surface area contributed by atoms with Crippen LogP contribution in [0.5, 0.6) is 0 Å². The van der Waals surface area contributed by atoms with Crippen molar-refractivity contribution in [3.05, 3.63) is 34.6 Å². The second-order valence-electron chi connectivity index (χ2n) is 3.54. The van der Waals surface area contributed by atoms with Crippen LogP contribution in [0.1, 0.15) is 5.56 Å². The summed E-state index contributed by atoms with van der Waals surface area (Å²) in [5, 5.41) is 3.20. The summed E-state index contributed by atoms with van der Waals surface area (Å²) in [7, 11) is -2.97. The predicted molar refractivity (Wildman–Crippen MR) is 62.8 cm³/mol. The Balaban J connectivity index is 2.43. The maximum Gasteiger partial charge on any atom is 0.148 e. The quantitative estimate of drug-likeness (QED) is 0.823. The van der Waals surface area contributed by atoms with E-state index >= 15 is 0 Å². The first-order valence-electron chi connectivity index (χ1n) is 4.71. The average Bonchev–Trinajstić information content (AvgIpc) is 2.13. The Hall–Kier alpha value is -0.650. The van der Waals surface area contributed by atoms with Crippen molar-refractivity contribution in [3.63, 3.8) is 0 Å².